The van der Waals surface area contributed by atoms with Gasteiger partial charge in [-0.25, -0.2) is 0 Å². The zero-order valence-corrected chi connectivity index (χ0v) is 16.2. The summed E-state index contributed by atoms with van der Waals surface area (Å²) in [5, 5.41) is 5.02. The molecule has 0 spiro atoms. The molecule has 0 saturated heterocycles. The van der Waals surface area contributed by atoms with Gasteiger partial charge in [-0.2, -0.15) is 0 Å². The van der Waals surface area contributed by atoms with E-state index in [2.05, 4.69) is 61.7 Å². The SMILES string of the molecule is C=Cc1c(C=C)c2ccccc2c2ccccc12.CC.CC.CC. The van der Waals surface area contributed by atoms with Gasteiger partial charge in [0.25, 0.3) is 0 Å². The Morgan fingerprint density at radius 1 is 0.500 bits per heavy atom. The number of fused-ring (bicyclic) bond motifs is 3. The van der Waals surface area contributed by atoms with Gasteiger partial charge < -0.3 is 0 Å². The van der Waals surface area contributed by atoms with Crippen LogP contribution in [-0.4, -0.2) is 0 Å². The molecule has 0 aliphatic carbocycles. The minimum absolute atomic E-state index is 1.17. The molecular formula is C24H32. The molecule has 3 rings (SSSR count). The molecule has 0 heterocycles. The molecule has 0 aliphatic rings. The quantitative estimate of drug-likeness (QED) is 0.416. The average Bonchev–Trinajstić information content (AvgIpc) is 2.71. The summed E-state index contributed by atoms with van der Waals surface area (Å²) in [6.45, 7) is 19.9. The van der Waals surface area contributed by atoms with E-state index in [9.17, 15) is 0 Å². The predicted octanol–water partition coefficient (Wildman–Crippen LogP) is 8.36. The van der Waals surface area contributed by atoms with E-state index in [1.54, 1.807) is 0 Å². The van der Waals surface area contributed by atoms with Crippen molar-refractivity contribution < 1.29 is 0 Å². The molecule has 128 valence electrons. The second kappa shape index (κ2) is 12.1. The standard InChI is InChI=1S/C18H14.3C2H6/c1-3-13-14(4-2)16-10-6-8-12-18(16)17-11-7-5-9-15(13)17;3*1-2/h3-12H,1-2H2;3*1-2H3. The summed E-state index contributed by atoms with van der Waals surface area (Å²) in [5.74, 6) is 0. The molecule has 0 saturated carbocycles. The van der Waals surface area contributed by atoms with E-state index < -0.39 is 0 Å². The summed E-state index contributed by atoms with van der Waals surface area (Å²) < 4.78 is 0. The number of benzene rings is 3. The van der Waals surface area contributed by atoms with Gasteiger partial charge in [0.05, 0.1) is 0 Å². The first-order valence-electron chi connectivity index (χ1n) is 9.05. The second-order valence-corrected chi connectivity index (χ2v) is 4.33. The van der Waals surface area contributed by atoms with E-state index >= 15 is 0 Å². The first-order chi connectivity index (χ1) is 11.9. The van der Waals surface area contributed by atoms with Gasteiger partial charge in [0.15, 0.2) is 0 Å². The fourth-order valence-corrected chi connectivity index (χ4v) is 2.64. The average molecular weight is 321 g/mol. The fourth-order valence-electron chi connectivity index (χ4n) is 2.64. The highest BCUT2D eigenvalue weighted by molar-refractivity contribution is 6.14. The van der Waals surface area contributed by atoms with Gasteiger partial charge in [-0.15, -0.1) is 0 Å². The fraction of sp³-hybridized carbons (Fsp3) is 0.250. The van der Waals surface area contributed by atoms with E-state index in [1.807, 2.05) is 53.7 Å². The molecule has 0 atom stereocenters. The zero-order valence-electron chi connectivity index (χ0n) is 16.2. The summed E-state index contributed by atoms with van der Waals surface area (Å²) in [6, 6.07) is 16.9. The largest absolute Gasteiger partial charge is 0.0984 e. The van der Waals surface area contributed by atoms with Crippen molar-refractivity contribution in [1.82, 2.24) is 0 Å². The molecule has 0 bridgehead atoms. The van der Waals surface area contributed by atoms with Crippen LogP contribution in [0.5, 0.6) is 0 Å². The normalized spacial score (nSPS) is 8.75. The van der Waals surface area contributed by atoms with E-state index in [-0.39, 0.29) is 0 Å². The first-order valence-corrected chi connectivity index (χ1v) is 9.05. The first kappa shape index (κ1) is 21.7. The molecule has 0 aromatic heterocycles. The van der Waals surface area contributed by atoms with Crippen molar-refractivity contribution in [2.24, 2.45) is 0 Å². The number of hydrogen-bond donors (Lipinski definition) is 0. The molecule has 0 amide bonds. The van der Waals surface area contributed by atoms with Gasteiger partial charge >= 0.3 is 0 Å². The Kier molecular flexibility index (Phi) is 10.9. The lowest BCUT2D eigenvalue weighted by Gasteiger charge is -2.12. The van der Waals surface area contributed by atoms with E-state index in [0.29, 0.717) is 0 Å². The third kappa shape index (κ3) is 4.35. The van der Waals surface area contributed by atoms with Crippen LogP contribution in [0.1, 0.15) is 52.7 Å². The maximum absolute atomic E-state index is 3.95. The van der Waals surface area contributed by atoms with Gasteiger partial charge in [-0.05, 0) is 32.7 Å². The molecular weight excluding hydrogens is 288 g/mol. The van der Waals surface area contributed by atoms with Crippen molar-refractivity contribution in [3.63, 3.8) is 0 Å². The van der Waals surface area contributed by atoms with Crippen LogP contribution in [0.3, 0.4) is 0 Å². The topological polar surface area (TPSA) is 0 Å². The van der Waals surface area contributed by atoms with Crippen LogP contribution in [0.4, 0.5) is 0 Å². The lowest BCUT2D eigenvalue weighted by Crippen LogP contribution is -1.88. The molecule has 0 nitrogen and oxygen atoms in total. The Labute approximate surface area is 148 Å². The van der Waals surface area contributed by atoms with E-state index in [0.717, 1.165) is 0 Å². The molecule has 0 fully saturated rings. The molecule has 0 unspecified atom stereocenters. The van der Waals surface area contributed by atoms with Crippen LogP contribution in [0.25, 0.3) is 33.7 Å². The summed E-state index contributed by atoms with van der Waals surface area (Å²) in [6.07, 6.45) is 3.84. The Morgan fingerprint density at radius 2 is 0.750 bits per heavy atom. The van der Waals surface area contributed by atoms with Gasteiger partial charge in [0, 0.05) is 0 Å². The van der Waals surface area contributed by atoms with Crippen molar-refractivity contribution in [1.29, 1.82) is 0 Å². The predicted molar refractivity (Wildman–Crippen MR) is 116 cm³/mol. The summed E-state index contributed by atoms with van der Waals surface area (Å²) >= 11 is 0. The highest BCUT2D eigenvalue weighted by atomic mass is 14.1. The third-order valence-electron chi connectivity index (χ3n) is 3.42. The minimum Gasteiger partial charge on any atom is -0.0984 e. The maximum atomic E-state index is 3.95. The monoisotopic (exact) mass is 320 g/mol. The van der Waals surface area contributed by atoms with Crippen LogP contribution in [0.2, 0.25) is 0 Å². The highest BCUT2D eigenvalue weighted by Crippen LogP contribution is 2.33. The molecule has 0 radical (unpaired) electrons. The Morgan fingerprint density at radius 3 is 1.00 bits per heavy atom. The molecule has 0 aliphatic heterocycles. The smallest absolute Gasteiger partial charge is 0.00990 e. The summed E-state index contributed by atoms with van der Waals surface area (Å²) in [5.41, 5.74) is 2.33. The molecule has 0 N–H and O–H groups in total. The molecule has 24 heavy (non-hydrogen) atoms. The van der Waals surface area contributed by atoms with Gasteiger partial charge in [0.2, 0.25) is 0 Å². The van der Waals surface area contributed by atoms with E-state index in [4.69, 9.17) is 0 Å². The van der Waals surface area contributed by atoms with Gasteiger partial charge in [0.1, 0.15) is 0 Å². The maximum Gasteiger partial charge on any atom is -0.00990 e. The van der Waals surface area contributed by atoms with E-state index in [1.165, 1.54) is 32.7 Å². The van der Waals surface area contributed by atoms with Gasteiger partial charge in [-0.1, -0.05) is 115 Å². The number of rotatable bonds is 2. The molecule has 0 heteroatoms. The van der Waals surface area contributed by atoms with Crippen LogP contribution in [0.15, 0.2) is 61.7 Å². The molecule has 3 aromatic rings. The van der Waals surface area contributed by atoms with Crippen molar-refractivity contribution in [2.45, 2.75) is 41.5 Å². The lowest BCUT2D eigenvalue weighted by molar-refractivity contribution is 1.50. The van der Waals surface area contributed by atoms with Crippen LogP contribution in [0, 0.1) is 0 Å². The number of hydrogen-bond acceptors (Lipinski definition) is 0. The Balaban J connectivity index is 0.000000798. The van der Waals surface area contributed by atoms with Crippen molar-refractivity contribution >= 4 is 33.7 Å². The van der Waals surface area contributed by atoms with Crippen molar-refractivity contribution in [2.75, 3.05) is 0 Å². The molecule has 3 aromatic carbocycles. The van der Waals surface area contributed by atoms with Crippen LogP contribution in [-0.2, 0) is 0 Å². The second-order valence-electron chi connectivity index (χ2n) is 4.33. The highest BCUT2D eigenvalue weighted by Gasteiger charge is 2.09. The van der Waals surface area contributed by atoms with Crippen LogP contribution < -0.4 is 0 Å². The van der Waals surface area contributed by atoms with Crippen molar-refractivity contribution in [3.05, 3.63) is 72.8 Å². The van der Waals surface area contributed by atoms with Gasteiger partial charge in [-0.3, -0.25) is 0 Å². The summed E-state index contributed by atoms with van der Waals surface area (Å²) in [4.78, 5) is 0. The summed E-state index contributed by atoms with van der Waals surface area (Å²) in [7, 11) is 0. The lowest BCUT2D eigenvalue weighted by atomic mass is 9.92. The van der Waals surface area contributed by atoms with Crippen molar-refractivity contribution in [3.8, 4) is 0 Å². The zero-order chi connectivity index (χ0) is 18.5. The third-order valence-corrected chi connectivity index (χ3v) is 3.42. The Bertz CT molecular complexity index is 697. The minimum atomic E-state index is 1.17. The van der Waals surface area contributed by atoms with Crippen LogP contribution >= 0.6 is 0 Å². The Hall–Kier alpha value is -2.34.